The summed E-state index contributed by atoms with van der Waals surface area (Å²) < 4.78 is 0. The molecule has 0 bridgehead atoms. The molecule has 0 radical (unpaired) electrons. The highest BCUT2D eigenvalue weighted by atomic mass is 32.1. The number of aromatic nitrogens is 2. The largest absolute Gasteiger partial charge is 0.380 e. The maximum Gasteiger partial charge on any atom is 0.249 e. The molecule has 6 heteroatoms. The zero-order valence-electron chi connectivity index (χ0n) is 10.9. The number of H-pyrrole nitrogens is 1. The smallest absolute Gasteiger partial charge is 0.249 e. The number of aromatic amines is 1. The van der Waals surface area contributed by atoms with Crippen molar-refractivity contribution in [2.45, 2.75) is 13.5 Å². The number of carbonyl (C=O) groups is 1. The number of amides is 1. The number of anilines is 1. The normalized spacial score (nSPS) is 10.8. The number of benzene rings is 1. The minimum absolute atomic E-state index is 0.387. The highest BCUT2D eigenvalue weighted by Crippen LogP contribution is 2.20. The van der Waals surface area contributed by atoms with Gasteiger partial charge in [0.05, 0.1) is 16.6 Å². The number of imidazole rings is 1. The van der Waals surface area contributed by atoms with Crippen molar-refractivity contribution in [3.05, 3.63) is 45.9 Å². The summed E-state index contributed by atoms with van der Waals surface area (Å²) >= 11 is 1.52. The van der Waals surface area contributed by atoms with Gasteiger partial charge in [0.1, 0.15) is 5.82 Å². The van der Waals surface area contributed by atoms with Gasteiger partial charge in [0.25, 0.3) is 0 Å². The van der Waals surface area contributed by atoms with E-state index < -0.39 is 0 Å². The molecule has 0 aliphatic heterocycles. The first-order valence-electron chi connectivity index (χ1n) is 6.19. The maximum absolute atomic E-state index is 11.0. The van der Waals surface area contributed by atoms with Crippen LogP contribution in [0.1, 0.15) is 21.1 Å². The SMILES string of the molecule is Cc1nc2ccc(NCc3cc(C(N)=O)cs3)cc2[nH]1. The van der Waals surface area contributed by atoms with Crippen LogP contribution in [-0.2, 0) is 6.54 Å². The highest BCUT2D eigenvalue weighted by molar-refractivity contribution is 7.10. The number of hydrogen-bond donors (Lipinski definition) is 3. The predicted molar refractivity (Wildman–Crippen MR) is 81.0 cm³/mol. The topological polar surface area (TPSA) is 83.8 Å². The molecule has 0 aliphatic rings. The number of nitrogens with zero attached hydrogens (tertiary/aromatic N) is 1. The van der Waals surface area contributed by atoms with Gasteiger partial charge in [0.2, 0.25) is 5.91 Å². The Balaban J connectivity index is 1.73. The van der Waals surface area contributed by atoms with Gasteiger partial charge in [-0.1, -0.05) is 0 Å². The second-order valence-electron chi connectivity index (χ2n) is 4.57. The zero-order valence-corrected chi connectivity index (χ0v) is 11.8. The summed E-state index contributed by atoms with van der Waals surface area (Å²) in [6.45, 7) is 2.60. The molecule has 2 aromatic heterocycles. The number of thiophene rings is 1. The summed E-state index contributed by atoms with van der Waals surface area (Å²) in [5, 5.41) is 5.10. The molecule has 0 aliphatic carbocycles. The van der Waals surface area contributed by atoms with Gasteiger partial charge >= 0.3 is 0 Å². The third-order valence-electron chi connectivity index (χ3n) is 3.01. The number of fused-ring (bicyclic) bond motifs is 1. The Morgan fingerprint density at radius 2 is 2.30 bits per heavy atom. The van der Waals surface area contributed by atoms with Crippen LogP contribution in [0.3, 0.4) is 0 Å². The molecular weight excluding hydrogens is 272 g/mol. The summed E-state index contributed by atoms with van der Waals surface area (Å²) in [4.78, 5) is 19.7. The Bertz CT molecular complexity index is 774. The molecule has 1 aromatic carbocycles. The van der Waals surface area contributed by atoms with Gasteiger partial charge in [0.15, 0.2) is 0 Å². The van der Waals surface area contributed by atoms with Crippen molar-refractivity contribution in [1.82, 2.24) is 9.97 Å². The second-order valence-corrected chi connectivity index (χ2v) is 5.57. The van der Waals surface area contributed by atoms with E-state index in [1.54, 1.807) is 5.38 Å². The standard InChI is InChI=1S/C14H14N4OS/c1-8-17-12-3-2-10(5-13(12)18-8)16-6-11-4-9(7-20-11)14(15)19/h2-5,7,16H,6H2,1H3,(H2,15,19)(H,17,18). The van der Waals surface area contributed by atoms with Crippen LogP contribution in [0.5, 0.6) is 0 Å². The number of primary amides is 1. The fourth-order valence-electron chi connectivity index (χ4n) is 2.04. The van der Waals surface area contributed by atoms with E-state index >= 15 is 0 Å². The third-order valence-corrected chi connectivity index (χ3v) is 3.94. The number of hydrogen-bond acceptors (Lipinski definition) is 4. The lowest BCUT2D eigenvalue weighted by atomic mass is 10.2. The molecule has 0 spiro atoms. The van der Waals surface area contributed by atoms with Crippen LogP contribution >= 0.6 is 11.3 Å². The molecule has 102 valence electrons. The van der Waals surface area contributed by atoms with Crippen LogP contribution in [-0.4, -0.2) is 15.9 Å². The summed E-state index contributed by atoms with van der Waals surface area (Å²) in [5.41, 5.74) is 8.78. The van der Waals surface area contributed by atoms with Gasteiger partial charge in [-0.3, -0.25) is 4.79 Å². The monoisotopic (exact) mass is 286 g/mol. The molecule has 0 saturated carbocycles. The lowest BCUT2D eigenvalue weighted by Gasteiger charge is -2.04. The molecule has 2 heterocycles. The number of aryl methyl sites for hydroxylation is 1. The average Bonchev–Trinajstić information content (AvgIpc) is 3.00. The molecule has 0 atom stereocenters. The van der Waals surface area contributed by atoms with Crippen LogP contribution < -0.4 is 11.1 Å². The summed E-state index contributed by atoms with van der Waals surface area (Å²) in [5.74, 6) is 0.517. The number of nitrogens with two attached hydrogens (primary N) is 1. The zero-order chi connectivity index (χ0) is 14.1. The van der Waals surface area contributed by atoms with E-state index in [9.17, 15) is 4.79 Å². The van der Waals surface area contributed by atoms with Gasteiger partial charge in [-0.25, -0.2) is 4.98 Å². The first-order chi connectivity index (χ1) is 9.61. The van der Waals surface area contributed by atoms with Crippen LogP contribution in [0.4, 0.5) is 5.69 Å². The van der Waals surface area contributed by atoms with Gasteiger partial charge in [-0.05, 0) is 31.2 Å². The lowest BCUT2D eigenvalue weighted by Crippen LogP contribution is -2.09. The van der Waals surface area contributed by atoms with E-state index in [1.165, 1.54) is 11.3 Å². The Morgan fingerprint density at radius 1 is 1.45 bits per heavy atom. The Hall–Kier alpha value is -2.34. The van der Waals surface area contributed by atoms with E-state index in [2.05, 4.69) is 15.3 Å². The molecular formula is C14H14N4OS. The van der Waals surface area contributed by atoms with E-state index in [0.717, 1.165) is 27.4 Å². The predicted octanol–water partition coefficient (Wildman–Crippen LogP) is 2.64. The Kier molecular flexibility index (Phi) is 3.15. The van der Waals surface area contributed by atoms with E-state index in [4.69, 9.17) is 5.73 Å². The maximum atomic E-state index is 11.0. The van der Waals surface area contributed by atoms with Crippen molar-refractivity contribution < 1.29 is 4.79 Å². The first kappa shape index (κ1) is 12.7. The fourth-order valence-corrected chi connectivity index (χ4v) is 2.85. The van der Waals surface area contributed by atoms with Crippen molar-refractivity contribution in [3.8, 4) is 0 Å². The molecule has 20 heavy (non-hydrogen) atoms. The van der Waals surface area contributed by atoms with Crippen molar-refractivity contribution in [1.29, 1.82) is 0 Å². The summed E-state index contributed by atoms with van der Waals surface area (Å²) in [6, 6.07) is 7.81. The van der Waals surface area contributed by atoms with Crippen molar-refractivity contribution in [2.24, 2.45) is 5.73 Å². The Labute approximate surface area is 119 Å². The van der Waals surface area contributed by atoms with Gasteiger partial charge in [0, 0.05) is 22.5 Å². The second kappa shape index (κ2) is 4.97. The molecule has 3 rings (SSSR count). The van der Waals surface area contributed by atoms with Crippen LogP contribution in [0, 0.1) is 6.92 Å². The van der Waals surface area contributed by atoms with Gasteiger partial charge in [-0.15, -0.1) is 11.3 Å². The molecule has 4 N–H and O–H groups in total. The minimum Gasteiger partial charge on any atom is -0.380 e. The van der Waals surface area contributed by atoms with E-state index in [-0.39, 0.29) is 5.91 Å². The first-order valence-corrected chi connectivity index (χ1v) is 7.07. The van der Waals surface area contributed by atoms with E-state index in [0.29, 0.717) is 12.1 Å². The van der Waals surface area contributed by atoms with Crippen LogP contribution in [0.25, 0.3) is 11.0 Å². The number of nitrogens with one attached hydrogen (secondary N) is 2. The molecule has 0 saturated heterocycles. The molecule has 3 aromatic rings. The van der Waals surface area contributed by atoms with Gasteiger partial charge in [-0.2, -0.15) is 0 Å². The van der Waals surface area contributed by atoms with Crippen LogP contribution in [0.15, 0.2) is 29.6 Å². The van der Waals surface area contributed by atoms with Gasteiger partial charge < -0.3 is 16.0 Å². The molecule has 0 unspecified atom stereocenters. The van der Waals surface area contributed by atoms with Crippen molar-refractivity contribution >= 4 is 34.0 Å². The third kappa shape index (κ3) is 2.50. The average molecular weight is 286 g/mol. The minimum atomic E-state index is -0.387. The number of carbonyl (C=O) groups excluding carboxylic acids is 1. The number of rotatable bonds is 4. The summed E-state index contributed by atoms with van der Waals surface area (Å²) in [6.07, 6.45) is 0. The van der Waals surface area contributed by atoms with Crippen molar-refractivity contribution in [2.75, 3.05) is 5.32 Å². The lowest BCUT2D eigenvalue weighted by molar-refractivity contribution is 0.100. The van der Waals surface area contributed by atoms with Crippen LogP contribution in [0.2, 0.25) is 0 Å². The highest BCUT2D eigenvalue weighted by Gasteiger charge is 2.05. The van der Waals surface area contributed by atoms with Crippen molar-refractivity contribution in [3.63, 3.8) is 0 Å². The fraction of sp³-hybridized carbons (Fsp3) is 0.143. The summed E-state index contributed by atoms with van der Waals surface area (Å²) in [7, 11) is 0. The molecule has 1 amide bonds. The molecule has 5 nitrogen and oxygen atoms in total. The Morgan fingerprint density at radius 3 is 3.05 bits per heavy atom. The quantitative estimate of drug-likeness (QED) is 0.689. The molecule has 0 fully saturated rings. The van der Waals surface area contributed by atoms with E-state index in [1.807, 2.05) is 31.2 Å².